The second-order valence-corrected chi connectivity index (χ2v) is 3.75. The molecule has 1 rings (SSSR count). The molecule has 1 fully saturated rings. The normalized spacial score (nSPS) is 22.0. The van der Waals surface area contributed by atoms with Gasteiger partial charge in [-0.15, -0.1) is 0 Å². The number of hydrogen-bond donors (Lipinski definition) is 2. The van der Waals surface area contributed by atoms with E-state index in [2.05, 4.69) is 0 Å². The van der Waals surface area contributed by atoms with Crippen molar-refractivity contribution in [3.63, 3.8) is 0 Å². The number of aliphatic hydroxyl groups excluding tert-OH is 1. The van der Waals surface area contributed by atoms with Gasteiger partial charge in [0, 0.05) is 7.11 Å². The molecular formula is C9H16O4. The van der Waals surface area contributed by atoms with Gasteiger partial charge >= 0.3 is 5.97 Å². The van der Waals surface area contributed by atoms with Crippen molar-refractivity contribution in [3.05, 3.63) is 0 Å². The highest BCUT2D eigenvalue weighted by Crippen LogP contribution is 2.44. The second-order valence-electron chi connectivity index (χ2n) is 3.75. The standard InChI is InChI=1S/C9H16O4/c1-13-6-7(10)5-9(8(11)12)3-2-4-9/h7,10H,2-6H2,1H3,(H,11,12). The first-order valence-electron chi connectivity index (χ1n) is 4.51. The van der Waals surface area contributed by atoms with Gasteiger partial charge in [0.25, 0.3) is 0 Å². The molecule has 1 unspecified atom stereocenters. The molecule has 76 valence electrons. The first kappa shape index (κ1) is 10.5. The maximum atomic E-state index is 10.9. The molecule has 0 saturated heterocycles. The summed E-state index contributed by atoms with van der Waals surface area (Å²) in [5, 5.41) is 18.4. The van der Waals surface area contributed by atoms with Crippen molar-refractivity contribution in [2.75, 3.05) is 13.7 Å². The van der Waals surface area contributed by atoms with Crippen LogP contribution in [0.4, 0.5) is 0 Å². The molecule has 0 spiro atoms. The van der Waals surface area contributed by atoms with E-state index in [1.54, 1.807) is 0 Å². The summed E-state index contributed by atoms with van der Waals surface area (Å²) in [4.78, 5) is 10.9. The van der Waals surface area contributed by atoms with Crippen LogP contribution in [0.3, 0.4) is 0 Å². The number of aliphatic carboxylic acids is 1. The largest absolute Gasteiger partial charge is 0.481 e. The molecule has 0 aromatic carbocycles. The third kappa shape index (κ3) is 2.19. The summed E-state index contributed by atoms with van der Waals surface area (Å²) in [5.41, 5.74) is -0.669. The number of methoxy groups -OCH3 is 1. The zero-order valence-electron chi connectivity index (χ0n) is 7.82. The molecule has 1 aliphatic carbocycles. The fraction of sp³-hybridized carbons (Fsp3) is 0.889. The monoisotopic (exact) mass is 188 g/mol. The lowest BCUT2D eigenvalue weighted by Gasteiger charge is -2.38. The van der Waals surface area contributed by atoms with Crippen molar-refractivity contribution in [2.45, 2.75) is 31.8 Å². The van der Waals surface area contributed by atoms with Crippen molar-refractivity contribution in [1.29, 1.82) is 0 Å². The second kappa shape index (κ2) is 4.07. The van der Waals surface area contributed by atoms with Gasteiger partial charge in [-0.1, -0.05) is 6.42 Å². The van der Waals surface area contributed by atoms with E-state index in [0.717, 1.165) is 6.42 Å². The van der Waals surface area contributed by atoms with Crippen LogP contribution in [0, 0.1) is 5.41 Å². The number of aliphatic hydroxyl groups is 1. The van der Waals surface area contributed by atoms with Crippen LogP contribution >= 0.6 is 0 Å². The molecule has 4 heteroatoms. The minimum Gasteiger partial charge on any atom is -0.481 e. The summed E-state index contributed by atoms with van der Waals surface area (Å²) < 4.78 is 4.75. The molecule has 0 radical (unpaired) electrons. The molecule has 0 aromatic heterocycles. The predicted molar refractivity (Wildman–Crippen MR) is 46.4 cm³/mol. The fourth-order valence-corrected chi connectivity index (χ4v) is 1.81. The van der Waals surface area contributed by atoms with E-state index in [4.69, 9.17) is 9.84 Å². The molecule has 0 aliphatic heterocycles. The van der Waals surface area contributed by atoms with Crippen molar-refractivity contribution in [1.82, 2.24) is 0 Å². The third-order valence-electron chi connectivity index (χ3n) is 2.75. The first-order chi connectivity index (χ1) is 6.10. The predicted octanol–water partition coefficient (Wildman–Crippen LogP) is 0.639. The van der Waals surface area contributed by atoms with E-state index in [0.29, 0.717) is 19.3 Å². The number of hydrogen-bond acceptors (Lipinski definition) is 3. The Morgan fingerprint density at radius 3 is 2.54 bits per heavy atom. The fourth-order valence-electron chi connectivity index (χ4n) is 1.81. The summed E-state index contributed by atoms with van der Waals surface area (Å²) in [7, 11) is 1.50. The Morgan fingerprint density at radius 1 is 1.62 bits per heavy atom. The van der Waals surface area contributed by atoms with Crippen LogP contribution in [0.1, 0.15) is 25.7 Å². The summed E-state index contributed by atoms with van der Waals surface area (Å²) in [6.07, 6.45) is 1.98. The number of rotatable bonds is 5. The number of carboxylic acids is 1. The van der Waals surface area contributed by atoms with Crippen molar-refractivity contribution >= 4 is 5.97 Å². The summed E-state index contributed by atoms with van der Waals surface area (Å²) in [6.45, 7) is 0.217. The Hall–Kier alpha value is -0.610. The van der Waals surface area contributed by atoms with Gasteiger partial charge in [0.2, 0.25) is 0 Å². The SMILES string of the molecule is COCC(O)CC1(C(=O)O)CCC1. The molecule has 13 heavy (non-hydrogen) atoms. The lowest BCUT2D eigenvalue weighted by atomic mass is 9.66. The Labute approximate surface area is 77.5 Å². The van der Waals surface area contributed by atoms with Crippen LogP contribution in [0.15, 0.2) is 0 Å². The van der Waals surface area contributed by atoms with Crippen molar-refractivity contribution < 1.29 is 19.7 Å². The number of ether oxygens (including phenoxy) is 1. The van der Waals surface area contributed by atoms with Crippen LogP contribution in [-0.4, -0.2) is 36.0 Å². The van der Waals surface area contributed by atoms with Crippen LogP contribution in [-0.2, 0) is 9.53 Å². The number of carbonyl (C=O) groups is 1. The summed E-state index contributed by atoms with van der Waals surface area (Å²) >= 11 is 0. The molecule has 0 amide bonds. The average molecular weight is 188 g/mol. The highest BCUT2D eigenvalue weighted by atomic mass is 16.5. The molecule has 1 aliphatic rings. The van der Waals surface area contributed by atoms with E-state index in [1.165, 1.54) is 7.11 Å². The third-order valence-corrected chi connectivity index (χ3v) is 2.75. The average Bonchev–Trinajstić information content (AvgIpc) is 1.96. The van der Waals surface area contributed by atoms with Crippen LogP contribution in [0.5, 0.6) is 0 Å². The van der Waals surface area contributed by atoms with Crippen molar-refractivity contribution in [2.24, 2.45) is 5.41 Å². The maximum Gasteiger partial charge on any atom is 0.309 e. The van der Waals surface area contributed by atoms with Gasteiger partial charge in [-0.05, 0) is 19.3 Å². The van der Waals surface area contributed by atoms with E-state index in [-0.39, 0.29) is 6.61 Å². The van der Waals surface area contributed by atoms with Gasteiger partial charge in [-0.3, -0.25) is 4.79 Å². The molecule has 4 nitrogen and oxygen atoms in total. The zero-order valence-corrected chi connectivity index (χ0v) is 7.82. The van der Waals surface area contributed by atoms with Crippen LogP contribution < -0.4 is 0 Å². The molecule has 0 bridgehead atoms. The minimum absolute atomic E-state index is 0.217. The lowest BCUT2D eigenvalue weighted by molar-refractivity contribution is -0.158. The summed E-state index contributed by atoms with van der Waals surface area (Å²) in [6, 6.07) is 0. The van der Waals surface area contributed by atoms with E-state index < -0.39 is 17.5 Å². The Kier molecular flexibility index (Phi) is 3.27. The molecule has 0 heterocycles. The highest BCUT2D eigenvalue weighted by Gasteiger charge is 2.45. The molecule has 2 N–H and O–H groups in total. The van der Waals surface area contributed by atoms with Crippen LogP contribution in [0.2, 0.25) is 0 Å². The zero-order chi connectivity index (χ0) is 9.90. The molecule has 0 aromatic rings. The number of carboxylic acid groups (broad SMARTS) is 1. The van der Waals surface area contributed by atoms with Gasteiger partial charge in [-0.2, -0.15) is 0 Å². The highest BCUT2D eigenvalue weighted by molar-refractivity contribution is 5.75. The van der Waals surface area contributed by atoms with Crippen LogP contribution in [0.25, 0.3) is 0 Å². The quantitative estimate of drug-likeness (QED) is 0.664. The van der Waals surface area contributed by atoms with Gasteiger partial charge in [0.15, 0.2) is 0 Å². The summed E-state index contributed by atoms with van der Waals surface area (Å²) in [5.74, 6) is -0.783. The van der Waals surface area contributed by atoms with Gasteiger partial charge < -0.3 is 14.9 Å². The van der Waals surface area contributed by atoms with Gasteiger partial charge in [0.05, 0.1) is 18.1 Å². The van der Waals surface area contributed by atoms with E-state index in [9.17, 15) is 9.90 Å². The Balaban J connectivity index is 2.44. The van der Waals surface area contributed by atoms with Gasteiger partial charge in [0.1, 0.15) is 0 Å². The minimum atomic E-state index is -0.783. The van der Waals surface area contributed by atoms with E-state index in [1.807, 2.05) is 0 Å². The van der Waals surface area contributed by atoms with E-state index >= 15 is 0 Å². The van der Waals surface area contributed by atoms with Crippen molar-refractivity contribution in [3.8, 4) is 0 Å². The molecular weight excluding hydrogens is 172 g/mol. The Morgan fingerprint density at radius 2 is 2.23 bits per heavy atom. The Bertz CT molecular complexity index is 186. The maximum absolute atomic E-state index is 10.9. The topological polar surface area (TPSA) is 66.8 Å². The first-order valence-corrected chi connectivity index (χ1v) is 4.51. The lowest BCUT2D eigenvalue weighted by Crippen LogP contribution is -2.41. The molecule has 1 saturated carbocycles. The smallest absolute Gasteiger partial charge is 0.309 e. The van der Waals surface area contributed by atoms with Gasteiger partial charge in [-0.25, -0.2) is 0 Å². The molecule has 1 atom stereocenters.